The van der Waals surface area contributed by atoms with Crippen LogP contribution in [0.2, 0.25) is 0 Å². The standard InChI is InChI=1S/C37H35N3O6S/c1-3-4-21-46-29-17-15-28(16-18-29)40-34(41)24-33(37(40)44)47-31-19-13-27(14-20-31)38-36(43)32(23-25-9-8-12-30(22-25)45-2)39-35(42)26-10-6-5-7-11-26/h5-20,22-23,33H,3-4,21,24H2,1-2H3,(H,38,43)(H,39,42)/b32-23-. The van der Waals surface area contributed by atoms with Gasteiger partial charge in [0.25, 0.3) is 11.8 Å². The molecular weight excluding hydrogens is 614 g/mol. The van der Waals surface area contributed by atoms with Crippen LogP contribution in [0.25, 0.3) is 6.08 Å². The van der Waals surface area contributed by atoms with Crippen LogP contribution in [-0.4, -0.2) is 42.6 Å². The Hall–Kier alpha value is -5.35. The first-order valence-electron chi connectivity index (χ1n) is 15.2. The Morgan fingerprint density at radius 1 is 0.915 bits per heavy atom. The first-order chi connectivity index (χ1) is 22.8. The SMILES string of the molecule is CCCCOc1ccc(N2C(=O)CC(Sc3ccc(NC(=O)/C(=C/c4cccc(OC)c4)NC(=O)c4ccccc4)cc3)C2=O)cc1. The zero-order chi connectivity index (χ0) is 33.2. The molecule has 0 bridgehead atoms. The summed E-state index contributed by atoms with van der Waals surface area (Å²) in [6, 6.07) is 29.7. The molecule has 1 fully saturated rings. The summed E-state index contributed by atoms with van der Waals surface area (Å²) in [6.45, 7) is 2.71. The third kappa shape index (κ3) is 8.68. The van der Waals surface area contributed by atoms with Crippen LogP contribution in [0.5, 0.6) is 11.5 Å². The first kappa shape index (κ1) is 33.0. The molecule has 1 saturated heterocycles. The molecule has 2 N–H and O–H groups in total. The number of ether oxygens (including phenoxy) is 2. The van der Waals surface area contributed by atoms with E-state index in [1.165, 1.54) is 16.7 Å². The van der Waals surface area contributed by atoms with Gasteiger partial charge in [0, 0.05) is 22.6 Å². The average Bonchev–Trinajstić information content (AvgIpc) is 3.37. The molecule has 9 nitrogen and oxygen atoms in total. The maximum atomic E-state index is 13.4. The summed E-state index contributed by atoms with van der Waals surface area (Å²) >= 11 is 1.29. The summed E-state index contributed by atoms with van der Waals surface area (Å²) in [5.74, 6) is -0.186. The van der Waals surface area contributed by atoms with Crippen LogP contribution in [0, 0.1) is 0 Å². The normalized spacial score (nSPS) is 14.6. The van der Waals surface area contributed by atoms with E-state index >= 15 is 0 Å². The molecule has 1 aliphatic heterocycles. The van der Waals surface area contributed by atoms with Gasteiger partial charge in [-0.3, -0.25) is 19.2 Å². The van der Waals surface area contributed by atoms with Crippen molar-refractivity contribution >= 4 is 52.8 Å². The third-order valence-electron chi connectivity index (χ3n) is 7.29. The molecule has 0 aromatic heterocycles. The highest BCUT2D eigenvalue weighted by molar-refractivity contribution is 8.00. The molecule has 1 atom stereocenters. The average molecular weight is 650 g/mol. The fourth-order valence-electron chi connectivity index (χ4n) is 4.81. The molecule has 240 valence electrons. The van der Waals surface area contributed by atoms with Crippen molar-refractivity contribution in [1.82, 2.24) is 5.32 Å². The number of imide groups is 1. The maximum absolute atomic E-state index is 13.4. The van der Waals surface area contributed by atoms with Crippen molar-refractivity contribution in [3.05, 3.63) is 120 Å². The molecule has 1 unspecified atom stereocenters. The van der Waals surface area contributed by atoms with Gasteiger partial charge in [0.2, 0.25) is 11.8 Å². The lowest BCUT2D eigenvalue weighted by Gasteiger charge is -2.16. The molecule has 0 saturated carbocycles. The first-order valence-corrected chi connectivity index (χ1v) is 16.1. The number of hydrogen-bond acceptors (Lipinski definition) is 7. The molecule has 1 heterocycles. The molecule has 4 aromatic carbocycles. The van der Waals surface area contributed by atoms with E-state index < -0.39 is 17.1 Å². The number of anilines is 2. The molecule has 4 amide bonds. The van der Waals surface area contributed by atoms with Crippen LogP contribution in [0.3, 0.4) is 0 Å². The lowest BCUT2D eigenvalue weighted by Crippen LogP contribution is -2.31. The van der Waals surface area contributed by atoms with Crippen molar-refractivity contribution in [2.45, 2.75) is 36.3 Å². The van der Waals surface area contributed by atoms with Gasteiger partial charge in [0.1, 0.15) is 17.2 Å². The van der Waals surface area contributed by atoms with Crippen LogP contribution < -0.4 is 25.0 Å². The van der Waals surface area contributed by atoms with Crippen molar-refractivity contribution in [1.29, 1.82) is 0 Å². The topological polar surface area (TPSA) is 114 Å². The number of amides is 4. The Kier molecular flexibility index (Phi) is 11.1. The minimum Gasteiger partial charge on any atom is -0.497 e. The van der Waals surface area contributed by atoms with Crippen molar-refractivity contribution < 1.29 is 28.7 Å². The predicted molar refractivity (Wildman–Crippen MR) is 184 cm³/mol. The molecule has 0 radical (unpaired) electrons. The fraction of sp³-hybridized carbons (Fsp3) is 0.189. The minimum absolute atomic E-state index is 0.0428. The molecular formula is C37H35N3O6S. The number of nitrogens with zero attached hydrogens (tertiary/aromatic N) is 1. The van der Waals surface area contributed by atoms with Crippen LogP contribution in [0.15, 0.2) is 114 Å². The molecule has 0 spiro atoms. The predicted octanol–water partition coefficient (Wildman–Crippen LogP) is 6.71. The van der Waals surface area contributed by atoms with Crippen molar-refractivity contribution in [2.24, 2.45) is 0 Å². The number of carbonyl (C=O) groups is 4. The Morgan fingerprint density at radius 2 is 1.66 bits per heavy atom. The van der Waals surface area contributed by atoms with Gasteiger partial charge in [-0.05, 0) is 90.9 Å². The number of thioether (sulfide) groups is 1. The lowest BCUT2D eigenvalue weighted by molar-refractivity contribution is -0.121. The van der Waals surface area contributed by atoms with E-state index in [0.717, 1.165) is 17.7 Å². The van der Waals surface area contributed by atoms with Crippen LogP contribution in [0.4, 0.5) is 11.4 Å². The number of hydrogen-bond donors (Lipinski definition) is 2. The summed E-state index contributed by atoms with van der Waals surface area (Å²) in [7, 11) is 1.55. The highest BCUT2D eigenvalue weighted by Gasteiger charge is 2.40. The number of benzene rings is 4. The number of rotatable bonds is 13. The van der Waals surface area contributed by atoms with Crippen molar-refractivity contribution in [2.75, 3.05) is 23.9 Å². The Morgan fingerprint density at radius 3 is 2.36 bits per heavy atom. The second kappa shape index (κ2) is 15.8. The van der Waals surface area contributed by atoms with E-state index in [9.17, 15) is 19.2 Å². The van der Waals surface area contributed by atoms with Crippen LogP contribution in [-0.2, 0) is 14.4 Å². The second-order valence-electron chi connectivity index (χ2n) is 10.7. The maximum Gasteiger partial charge on any atom is 0.272 e. The summed E-state index contributed by atoms with van der Waals surface area (Å²) < 4.78 is 11.0. The fourth-order valence-corrected chi connectivity index (χ4v) is 5.87. The van der Waals surface area contributed by atoms with Gasteiger partial charge in [-0.1, -0.05) is 43.7 Å². The van der Waals surface area contributed by atoms with Gasteiger partial charge in [0.15, 0.2) is 0 Å². The Bertz CT molecular complexity index is 1760. The zero-order valence-corrected chi connectivity index (χ0v) is 26.9. The molecule has 47 heavy (non-hydrogen) atoms. The van der Waals surface area contributed by atoms with Gasteiger partial charge in [0.05, 0.1) is 24.7 Å². The highest BCUT2D eigenvalue weighted by atomic mass is 32.2. The van der Waals surface area contributed by atoms with E-state index in [0.29, 0.717) is 40.6 Å². The number of unbranched alkanes of at least 4 members (excludes halogenated alkanes) is 1. The van der Waals surface area contributed by atoms with E-state index in [-0.39, 0.29) is 23.9 Å². The monoisotopic (exact) mass is 649 g/mol. The van der Waals surface area contributed by atoms with Crippen molar-refractivity contribution in [3.63, 3.8) is 0 Å². The number of methoxy groups -OCH3 is 1. The van der Waals surface area contributed by atoms with Gasteiger partial charge in [-0.15, -0.1) is 11.8 Å². The highest BCUT2D eigenvalue weighted by Crippen LogP contribution is 2.35. The van der Waals surface area contributed by atoms with Gasteiger partial charge in [-0.2, -0.15) is 0 Å². The van der Waals surface area contributed by atoms with Crippen LogP contribution >= 0.6 is 11.8 Å². The molecule has 4 aromatic rings. The molecule has 10 heteroatoms. The summed E-state index contributed by atoms with van der Waals surface area (Å²) in [5, 5.41) is 4.98. The summed E-state index contributed by atoms with van der Waals surface area (Å²) in [6.07, 6.45) is 3.64. The Labute approximate surface area is 278 Å². The minimum atomic E-state index is -0.575. The van der Waals surface area contributed by atoms with Gasteiger partial charge >= 0.3 is 0 Å². The quantitative estimate of drug-likeness (QED) is 0.0941. The summed E-state index contributed by atoms with van der Waals surface area (Å²) in [5.41, 5.74) is 2.12. The second-order valence-corrected chi connectivity index (χ2v) is 12.0. The van der Waals surface area contributed by atoms with E-state index in [1.807, 2.05) is 0 Å². The largest absolute Gasteiger partial charge is 0.497 e. The third-order valence-corrected chi connectivity index (χ3v) is 8.49. The van der Waals surface area contributed by atoms with Crippen LogP contribution in [0.1, 0.15) is 42.1 Å². The number of nitrogens with one attached hydrogen (secondary N) is 2. The molecule has 1 aliphatic rings. The Balaban J connectivity index is 1.24. The summed E-state index contributed by atoms with van der Waals surface area (Å²) in [4.78, 5) is 54.4. The van der Waals surface area contributed by atoms with E-state index in [4.69, 9.17) is 9.47 Å². The molecule has 0 aliphatic carbocycles. The smallest absolute Gasteiger partial charge is 0.272 e. The number of carbonyl (C=O) groups excluding carboxylic acids is 4. The van der Waals surface area contributed by atoms with Gasteiger partial charge in [-0.25, -0.2) is 4.90 Å². The van der Waals surface area contributed by atoms with E-state index in [2.05, 4.69) is 17.6 Å². The lowest BCUT2D eigenvalue weighted by atomic mass is 10.1. The van der Waals surface area contributed by atoms with E-state index in [1.54, 1.807) is 116 Å². The van der Waals surface area contributed by atoms with Crippen molar-refractivity contribution in [3.8, 4) is 11.5 Å². The van der Waals surface area contributed by atoms with Gasteiger partial charge < -0.3 is 20.1 Å². The molecule has 5 rings (SSSR count). The zero-order valence-electron chi connectivity index (χ0n) is 26.1.